The Labute approximate surface area is 90.9 Å². The van der Waals surface area contributed by atoms with Crippen molar-refractivity contribution in [1.29, 1.82) is 0 Å². The average Bonchev–Trinajstić information content (AvgIpc) is 2.69. The third-order valence-corrected chi connectivity index (χ3v) is 2.92. The van der Waals surface area contributed by atoms with E-state index in [2.05, 4.69) is 5.32 Å². The van der Waals surface area contributed by atoms with Gasteiger partial charge in [-0.05, 0) is 19.0 Å². The minimum atomic E-state index is -0.872. The molecule has 1 aromatic carbocycles. The van der Waals surface area contributed by atoms with Crippen LogP contribution in [0.25, 0.3) is 0 Å². The molecule has 1 heterocycles. The third-order valence-electron chi connectivity index (χ3n) is 2.65. The van der Waals surface area contributed by atoms with E-state index in [1.165, 1.54) is 0 Å². The molecular formula is C10H10ClF2NO. The molecule has 0 saturated carbocycles. The van der Waals surface area contributed by atoms with Crippen LogP contribution >= 0.6 is 11.6 Å². The highest BCUT2D eigenvalue weighted by Gasteiger charge is 2.26. The zero-order chi connectivity index (χ0) is 11.0. The summed E-state index contributed by atoms with van der Waals surface area (Å²) in [6, 6.07) is 0.790. The van der Waals surface area contributed by atoms with Crippen LogP contribution in [0, 0.1) is 11.6 Å². The highest BCUT2D eigenvalue weighted by Crippen LogP contribution is 2.37. The predicted molar refractivity (Wildman–Crippen MR) is 53.3 cm³/mol. The van der Waals surface area contributed by atoms with E-state index in [4.69, 9.17) is 11.6 Å². The molecule has 0 amide bonds. The number of hydrogen-bond donors (Lipinski definition) is 2. The Hall–Kier alpha value is -0.870. The quantitative estimate of drug-likeness (QED) is 0.730. The Morgan fingerprint density at radius 1 is 1.47 bits per heavy atom. The number of phenols is 1. The number of nitrogens with one attached hydrogen (secondary N) is 1. The van der Waals surface area contributed by atoms with Crippen molar-refractivity contribution in [3.8, 4) is 5.75 Å². The zero-order valence-electron chi connectivity index (χ0n) is 7.86. The Kier molecular flexibility index (Phi) is 2.80. The van der Waals surface area contributed by atoms with Crippen LogP contribution in [0.2, 0.25) is 5.02 Å². The zero-order valence-corrected chi connectivity index (χ0v) is 8.61. The monoisotopic (exact) mass is 233 g/mol. The molecule has 0 spiro atoms. The van der Waals surface area contributed by atoms with Crippen LogP contribution in [-0.4, -0.2) is 18.2 Å². The van der Waals surface area contributed by atoms with E-state index >= 15 is 0 Å². The summed E-state index contributed by atoms with van der Waals surface area (Å²) in [5.74, 6) is -2.42. The second kappa shape index (κ2) is 3.94. The standard InChI is InChI=1S/C10H10ClF2NO/c11-6-3-7(12)10(15)8(9(6)13)5-1-2-14-4-5/h3,5,14-15H,1-2,4H2. The van der Waals surface area contributed by atoms with Gasteiger partial charge in [-0.15, -0.1) is 0 Å². The molecule has 2 N–H and O–H groups in total. The highest BCUT2D eigenvalue weighted by atomic mass is 35.5. The first-order valence-corrected chi connectivity index (χ1v) is 5.06. The van der Waals surface area contributed by atoms with Crippen molar-refractivity contribution < 1.29 is 13.9 Å². The van der Waals surface area contributed by atoms with Crippen LogP contribution in [0.15, 0.2) is 6.07 Å². The van der Waals surface area contributed by atoms with E-state index in [1.54, 1.807) is 0 Å². The SMILES string of the molecule is Oc1c(F)cc(Cl)c(F)c1C1CCNC1. The normalized spacial score (nSPS) is 20.9. The fourth-order valence-corrected chi connectivity index (χ4v) is 2.08. The van der Waals surface area contributed by atoms with Crippen LogP contribution < -0.4 is 5.32 Å². The maximum atomic E-state index is 13.6. The van der Waals surface area contributed by atoms with Gasteiger partial charge in [-0.3, -0.25) is 0 Å². The van der Waals surface area contributed by atoms with Gasteiger partial charge in [0.1, 0.15) is 5.82 Å². The van der Waals surface area contributed by atoms with Gasteiger partial charge in [0, 0.05) is 18.0 Å². The molecule has 5 heteroatoms. The molecule has 1 unspecified atom stereocenters. The third kappa shape index (κ3) is 1.79. The Morgan fingerprint density at radius 2 is 2.20 bits per heavy atom. The molecule has 15 heavy (non-hydrogen) atoms. The van der Waals surface area contributed by atoms with Crippen LogP contribution in [0.1, 0.15) is 17.9 Å². The highest BCUT2D eigenvalue weighted by molar-refractivity contribution is 6.30. The van der Waals surface area contributed by atoms with Gasteiger partial charge in [-0.2, -0.15) is 0 Å². The maximum Gasteiger partial charge on any atom is 0.166 e. The minimum absolute atomic E-state index is 0.00926. The summed E-state index contributed by atoms with van der Waals surface area (Å²) in [7, 11) is 0. The summed E-state index contributed by atoms with van der Waals surface area (Å²) in [6.45, 7) is 1.27. The van der Waals surface area contributed by atoms with Gasteiger partial charge in [0.05, 0.1) is 5.02 Å². The number of hydrogen-bond acceptors (Lipinski definition) is 2. The van der Waals surface area contributed by atoms with E-state index < -0.39 is 17.4 Å². The van der Waals surface area contributed by atoms with E-state index in [-0.39, 0.29) is 16.5 Å². The molecule has 2 rings (SSSR count). The Morgan fingerprint density at radius 3 is 2.80 bits per heavy atom. The van der Waals surface area contributed by atoms with E-state index in [9.17, 15) is 13.9 Å². The van der Waals surface area contributed by atoms with Crippen molar-refractivity contribution in [2.24, 2.45) is 0 Å². The lowest BCUT2D eigenvalue weighted by molar-refractivity contribution is 0.411. The second-order valence-corrected chi connectivity index (χ2v) is 4.01. The molecule has 82 valence electrons. The van der Waals surface area contributed by atoms with Gasteiger partial charge in [-0.1, -0.05) is 11.6 Å². The molecule has 0 aromatic heterocycles. The van der Waals surface area contributed by atoms with Crippen LogP contribution in [0.4, 0.5) is 8.78 Å². The van der Waals surface area contributed by atoms with Crippen LogP contribution in [-0.2, 0) is 0 Å². The number of aromatic hydroxyl groups is 1. The van der Waals surface area contributed by atoms with Crippen molar-refractivity contribution in [2.45, 2.75) is 12.3 Å². The van der Waals surface area contributed by atoms with Crippen molar-refractivity contribution in [3.05, 3.63) is 28.3 Å². The van der Waals surface area contributed by atoms with Gasteiger partial charge in [0.2, 0.25) is 0 Å². The molecule has 1 fully saturated rings. The van der Waals surface area contributed by atoms with Crippen LogP contribution in [0.5, 0.6) is 5.75 Å². The van der Waals surface area contributed by atoms with Crippen molar-refractivity contribution in [2.75, 3.05) is 13.1 Å². The van der Waals surface area contributed by atoms with E-state index in [0.29, 0.717) is 13.0 Å². The second-order valence-electron chi connectivity index (χ2n) is 3.61. The topological polar surface area (TPSA) is 32.3 Å². The van der Waals surface area contributed by atoms with Gasteiger partial charge in [0.25, 0.3) is 0 Å². The first-order valence-electron chi connectivity index (χ1n) is 4.68. The van der Waals surface area contributed by atoms with Gasteiger partial charge < -0.3 is 10.4 Å². The van der Waals surface area contributed by atoms with E-state index in [0.717, 1.165) is 12.6 Å². The number of phenolic OH excluding ortho intramolecular Hbond substituents is 1. The smallest absolute Gasteiger partial charge is 0.166 e. The van der Waals surface area contributed by atoms with Crippen molar-refractivity contribution in [3.63, 3.8) is 0 Å². The van der Waals surface area contributed by atoms with Crippen molar-refractivity contribution in [1.82, 2.24) is 5.32 Å². The summed E-state index contributed by atoms with van der Waals surface area (Å²) in [5.41, 5.74) is -0.00926. The molecule has 1 aliphatic rings. The molecule has 2 nitrogen and oxygen atoms in total. The lowest BCUT2D eigenvalue weighted by atomic mass is 9.96. The Balaban J connectivity index is 2.52. The van der Waals surface area contributed by atoms with Crippen LogP contribution in [0.3, 0.4) is 0 Å². The first-order chi connectivity index (χ1) is 7.11. The lowest BCUT2D eigenvalue weighted by Crippen LogP contribution is -2.09. The predicted octanol–water partition coefficient (Wildman–Crippen LogP) is 2.40. The molecule has 1 saturated heterocycles. The lowest BCUT2D eigenvalue weighted by Gasteiger charge is -2.13. The fourth-order valence-electron chi connectivity index (χ4n) is 1.88. The first kappa shape index (κ1) is 10.6. The number of halogens is 3. The molecule has 0 bridgehead atoms. The molecule has 1 aliphatic heterocycles. The van der Waals surface area contributed by atoms with E-state index in [1.807, 2.05) is 0 Å². The largest absolute Gasteiger partial charge is 0.505 e. The summed E-state index contributed by atoms with van der Waals surface area (Å²) < 4.78 is 26.8. The molecular weight excluding hydrogens is 224 g/mol. The summed E-state index contributed by atoms with van der Waals surface area (Å²) in [5, 5.41) is 12.2. The van der Waals surface area contributed by atoms with Gasteiger partial charge >= 0.3 is 0 Å². The molecule has 1 aromatic rings. The molecule has 0 aliphatic carbocycles. The summed E-state index contributed by atoms with van der Waals surface area (Å²) in [4.78, 5) is 0. The van der Waals surface area contributed by atoms with Gasteiger partial charge in [-0.25, -0.2) is 8.78 Å². The van der Waals surface area contributed by atoms with Gasteiger partial charge in [0.15, 0.2) is 11.6 Å². The fraction of sp³-hybridized carbons (Fsp3) is 0.400. The number of rotatable bonds is 1. The van der Waals surface area contributed by atoms with Crippen molar-refractivity contribution >= 4 is 11.6 Å². The average molecular weight is 234 g/mol. The summed E-state index contributed by atoms with van der Waals surface area (Å²) in [6.07, 6.45) is 0.671. The Bertz CT molecular complexity index is 365. The molecule has 1 atom stereocenters. The molecule has 0 radical (unpaired) electrons. The number of benzene rings is 1. The minimum Gasteiger partial charge on any atom is -0.505 e. The maximum absolute atomic E-state index is 13.6. The summed E-state index contributed by atoms with van der Waals surface area (Å²) >= 11 is 5.52.